The number of allylic oxidation sites excluding steroid dienone is 2. The van der Waals surface area contributed by atoms with Crippen LogP contribution in [0.5, 0.6) is 5.75 Å². The summed E-state index contributed by atoms with van der Waals surface area (Å²) in [5, 5.41) is 3.65. The molecule has 0 saturated carbocycles. The van der Waals surface area contributed by atoms with E-state index in [0.717, 1.165) is 23.4 Å². The third-order valence-corrected chi connectivity index (χ3v) is 7.50. The number of ether oxygens (including phenoxy) is 1. The smallest absolute Gasteiger partial charge is 0.261 e. The number of fused-ring (bicyclic) bond motifs is 3. The van der Waals surface area contributed by atoms with E-state index in [1.54, 1.807) is 37.4 Å². The van der Waals surface area contributed by atoms with Gasteiger partial charge in [-0.05, 0) is 65.9 Å². The molecule has 2 N–H and O–H groups in total. The lowest BCUT2D eigenvalue weighted by Crippen LogP contribution is -2.29. The Morgan fingerprint density at radius 3 is 2.65 bits per heavy atom. The summed E-state index contributed by atoms with van der Waals surface area (Å²) in [5.74, 6) is 1.32. The molecule has 158 valence electrons. The summed E-state index contributed by atoms with van der Waals surface area (Å²) < 4.78 is 34.0. The summed E-state index contributed by atoms with van der Waals surface area (Å²) in [7, 11) is -1.99. The van der Waals surface area contributed by atoms with E-state index in [2.05, 4.69) is 34.3 Å². The predicted molar refractivity (Wildman–Crippen MR) is 123 cm³/mol. The molecule has 3 aromatic rings. The number of para-hydroxylation sites is 1. The number of methoxy groups -OCH3 is 1. The maximum Gasteiger partial charge on any atom is 0.261 e. The molecule has 6 heteroatoms. The van der Waals surface area contributed by atoms with Crippen LogP contribution in [-0.4, -0.2) is 15.5 Å². The number of anilines is 2. The second kappa shape index (κ2) is 7.78. The van der Waals surface area contributed by atoms with Crippen molar-refractivity contribution in [1.29, 1.82) is 0 Å². The molecular formula is C25H24N2O3S. The fourth-order valence-electron chi connectivity index (χ4n) is 4.62. The summed E-state index contributed by atoms with van der Waals surface area (Å²) in [6.07, 6.45) is 5.35. The van der Waals surface area contributed by atoms with Crippen molar-refractivity contribution in [3.05, 3.63) is 96.1 Å². The van der Waals surface area contributed by atoms with Crippen LogP contribution in [0.4, 0.5) is 11.4 Å². The predicted octanol–water partition coefficient (Wildman–Crippen LogP) is 5.32. The minimum absolute atomic E-state index is 0.132. The Morgan fingerprint density at radius 2 is 1.84 bits per heavy atom. The van der Waals surface area contributed by atoms with Gasteiger partial charge in [-0.25, -0.2) is 8.42 Å². The van der Waals surface area contributed by atoms with Crippen molar-refractivity contribution < 1.29 is 13.2 Å². The second-order valence-electron chi connectivity index (χ2n) is 7.97. The van der Waals surface area contributed by atoms with Gasteiger partial charge in [0, 0.05) is 17.3 Å². The molecular weight excluding hydrogens is 408 g/mol. The molecule has 1 aliphatic carbocycles. The Balaban J connectivity index is 1.49. The standard InChI is InChI=1S/C25H24N2O3S/c1-30-19-10-5-7-17(15-19)25-22-12-6-11-21(22)23-16-20(13-14-24(23)26-25)31(28,29)27-18-8-3-2-4-9-18/h2-11,13-16,21-22,25-27H,12H2,1H3/t21-,22+,25+/m0/s1. The maximum absolute atomic E-state index is 13.0. The van der Waals surface area contributed by atoms with E-state index in [1.807, 2.05) is 30.3 Å². The molecule has 0 fully saturated rings. The van der Waals surface area contributed by atoms with Crippen LogP contribution in [0, 0.1) is 5.92 Å². The molecule has 1 heterocycles. The van der Waals surface area contributed by atoms with Crippen LogP contribution in [0.25, 0.3) is 0 Å². The number of hydrogen-bond acceptors (Lipinski definition) is 4. The highest BCUT2D eigenvalue weighted by molar-refractivity contribution is 7.92. The van der Waals surface area contributed by atoms with E-state index in [-0.39, 0.29) is 16.9 Å². The molecule has 1 aliphatic heterocycles. The molecule has 3 aromatic carbocycles. The zero-order chi connectivity index (χ0) is 21.4. The van der Waals surface area contributed by atoms with Crippen molar-refractivity contribution in [2.24, 2.45) is 5.92 Å². The van der Waals surface area contributed by atoms with Crippen molar-refractivity contribution in [1.82, 2.24) is 0 Å². The lowest BCUT2D eigenvalue weighted by molar-refractivity contribution is 0.406. The molecule has 0 amide bonds. The zero-order valence-corrected chi connectivity index (χ0v) is 18.0. The Kier molecular flexibility index (Phi) is 4.94. The Bertz CT molecular complexity index is 1240. The summed E-state index contributed by atoms with van der Waals surface area (Å²) in [5.41, 5.74) is 3.72. The SMILES string of the molecule is COc1cccc([C@H]2Nc3ccc(S(=O)(=O)Nc4ccccc4)cc3[C@H]3C=CC[C@H]32)c1. The van der Waals surface area contributed by atoms with Gasteiger partial charge in [-0.2, -0.15) is 0 Å². The highest BCUT2D eigenvalue weighted by Gasteiger charge is 2.38. The van der Waals surface area contributed by atoms with Gasteiger partial charge in [0.1, 0.15) is 5.75 Å². The first-order valence-corrected chi connectivity index (χ1v) is 11.8. The topological polar surface area (TPSA) is 67.4 Å². The van der Waals surface area contributed by atoms with Crippen molar-refractivity contribution >= 4 is 21.4 Å². The molecule has 0 unspecified atom stereocenters. The van der Waals surface area contributed by atoms with E-state index in [1.165, 1.54) is 5.56 Å². The van der Waals surface area contributed by atoms with Crippen molar-refractivity contribution in [3.8, 4) is 5.75 Å². The van der Waals surface area contributed by atoms with E-state index >= 15 is 0 Å². The molecule has 31 heavy (non-hydrogen) atoms. The van der Waals surface area contributed by atoms with Crippen LogP contribution in [0.3, 0.4) is 0 Å². The molecule has 3 atom stereocenters. The van der Waals surface area contributed by atoms with Gasteiger partial charge in [0.25, 0.3) is 10.0 Å². The number of hydrogen-bond donors (Lipinski definition) is 2. The Hall–Kier alpha value is -3.25. The van der Waals surface area contributed by atoms with Gasteiger partial charge in [-0.15, -0.1) is 0 Å². The van der Waals surface area contributed by atoms with Gasteiger partial charge < -0.3 is 10.1 Å². The minimum atomic E-state index is -3.67. The summed E-state index contributed by atoms with van der Waals surface area (Å²) in [4.78, 5) is 0.274. The lowest BCUT2D eigenvalue weighted by Gasteiger charge is -2.37. The largest absolute Gasteiger partial charge is 0.497 e. The average molecular weight is 433 g/mol. The average Bonchev–Trinajstić information content (AvgIpc) is 3.29. The molecule has 5 rings (SSSR count). The number of sulfonamides is 1. The lowest BCUT2D eigenvalue weighted by atomic mass is 9.77. The van der Waals surface area contributed by atoms with Crippen LogP contribution < -0.4 is 14.8 Å². The molecule has 0 saturated heterocycles. The van der Waals surface area contributed by atoms with Crippen LogP contribution >= 0.6 is 0 Å². The van der Waals surface area contributed by atoms with Gasteiger partial charge in [-0.3, -0.25) is 4.72 Å². The van der Waals surface area contributed by atoms with Crippen molar-refractivity contribution in [2.75, 3.05) is 17.1 Å². The van der Waals surface area contributed by atoms with Crippen LogP contribution in [0.15, 0.2) is 89.8 Å². The maximum atomic E-state index is 13.0. The fraction of sp³-hybridized carbons (Fsp3) is 0.200. The quantitative estimate of drug-likeness (QED) is 0.535. The second-order valence-corrected chi connectivity index (χ2v) is 9.66. The van der Waals surface area contributed by atoms with E-state index < -0.39 is 10.0 Å². The summed E-state index contributed by atoms with van der Waals surface area (Å²) in [6, 6.07) is 22.6. The first kappa shape index (κ1) is 19.7. The molecule has 0 radical (unpaired) electrons. The van der Waals surface area contributed by atoms with Gasteiger partial charge in [-0.1, -0.05) is 42.5 Å². The van der Waals surface area contributed by atoms with Gasteiger partial charge >= 0.3 is 0 Å². The van der Waals surface area contributed by atoms with Gasteiger partial charge in [0.15, 0.2) is 0 Å². The van der Waals surface area contributed by atoms with Gasteiger partial charge in [0.05, 0.1) is 18.0 Å². The third kappa shape index (κ3) is 3.68. The highest BCUT2D eigenvalue weighted by atomic mass is 32.2. The van der Waals surface area contributed by atoms with Crippen molar-refractivity contribution in [3.63, 3.8) is 0 Å². The number of rotatable bonds is 5. The molecule has 0 bridgehead atoms. The van der Waals surface area contributed by atoms with Crippen molar-refractivity contribution in [2.45, 2.75) is 23.3 Å². The van der Waals surface area contributed by atoms with E-state index in [9.17, 15) is 8.42 Å². The third-order valence-electron chi connectivity index (χ3n) is 6.12. The van der Waals surface area contributed by atoms with Crippen LogP contribution in [-0.2, 0) is 10.0 Å². The van der Waals surface area contributed by atoms with E-state index in [0.29, 0.717) is 11.6 Å². The molecule has 0 aromatic heterocycles. The Morgan fingerprint density at radius 1 is 1.00 bits per heavy atom. The van der Waals surface area contributed by atoms with E-state index in [4.69, 9.17) is 4.74 Å². The van der Waals surface area contributed by atoms with Crippen LogP contribution in [0.2, 0.25) is 0 Å². The van der Waals surface area contributed by atoms with Crippen LogP contribution in [0.1, 0.15) is 29.5 Å². The molecule has 5 nitrogen and oxygen atoms in total. The number of nitrogens with one attached hydrogen (secondary N) is 2. The normalized spacial score (nSPS) is 21.6. The summed E-state index contributed by atoms with van der Waals surface area (Å²) >= 11 is 0. The first-order chi connectivity index (χ1) is 15.0. The zero-order valence-electron chi connectivity index (χ0n) is 17.2. The first-order valence-electron chi connectivity index (χ1n) is 10.3. The number of benzene rings is 3. The molecule has 0 spiro atoms. The highest BCUT2D eigenvalue weighted by Crippen LogP contribution is 2.50. The summed E-state index contributed by atoms with van der Waals surface area (Å²) in [6.45, 7) is 0. The van der Waals surface area contributed by atoms with Gasteiger partial charge in [0.2, 0.25) is 0 Å². The Labute approximate surface area is 182 Å². The molecule has 2 aliphatic rings. The fourth-order valence-corrected chi connectivity index (χ4v) is 5.72. The monoisotopic (exact) mass is 432 g/mol. The minimum Gasteiger partial charge on any atom is -0.497 e.